The molecular weight excluding hydrogens is 260 g/mol. The zero-order valence-electron chi connectivity index (χ0n) is 13.3. The molecule has 1 fully saturated rings. The van der Waals surface area contributed by atoms with E-state index in [9.17, 15) is 4.79 Å². The van der Waals surface area contributed by atoms with Gasteiger partial charge in [0.1, 0.15) is 0 Å². The minimum absolute atomic E-state index is 0.0248. The molecule has 1 aromatic rings. The van der Waals surface area contributed by atoms with E-state index in [2.05, 4.69) is 24.3 Å². The highest BCUT2D eigenvalue weighted by Crippen LogP contribution is 2.38. The Labute approximate surface area is 128 Å². The van der Waals surface area contributed by atoms with E-state index >= 15 is 0 Å². The number of hydrogen-bond acceptors (Lipinski definition) is 2. The number of amides is 1. The highest BCUT2D eigenvalue weighted by molar-refractivity contribution is 5.83. The first-order chi connectivity index (χ1) is 10.0. The summed E-state index contributed by atoms with van der Waals surface area (Å²) in [5.41, 5.74) is 7.17. The van der Waals surface area contributed by atoms with Gasteiger partial charge in [0.05, 0.1) is 5.41 Å². The number of rotatable bonds is 6. The molecule has 0 aromatic heterocycles. The molecule has 3 heteroatoms. The van der Waals surface area contributed by atoms with Gasteiger partial charge in [0, 0.05) is 19.6 Å². The molecule has 0 saturated heterocycles. The molecule has 1 aliphatic rings. The second kappa shape index (κ2) is 7.08. The van der Waals surface area contributed by atoms with E-state index in [1.165, 1.54) is 5.56 Å². The van der Waals surface area contributed by atoms with Gasteiger partial charge in [-0.15, -0.1) is 0 Å². The van der Waals surface area contributed by atoms with Gasteiger partial charge in [0.15, 0.2) is 0 Å². The first-order valence-corrected chi connectivity index (χ1v) is 8.09. The highest BCUT2D eigenvalue weighted by atomic mass is 16.2. The molecule has 0 radical (unpaired) electrons. The van der Waals surface area contributed by atoms with Crippen LogP contribution >= 0.6 is 0 Å². The van der Waals surface area contributed by atoms with Crippen LogP contribution in [0.4, 0.5) is 0 Å². The second-order valence-electron chi connectivity index (χ2n) is 6.59. The van der Waals surface area contributed by atoms with Crippen LogP contribution in [0.25, 0.3) is 0 Å². The Morgan fingerprint density at radius 1 is 1.33 bits per heavy atom. The van der Waals surface area contributed by atoms with E-state index in [0.717, 1.165) is 45.1 Å². The monoisotopic (exact) mass is 288 g/mol. The third-order valence-electron chi connectivity index (χ3n) is 4.92. The molecule has 0 bridgehead atoms. The van der Waals surface area contributed by atoms with Gasteiger partial charge in [-0.25, -0.2) is 0 Å². The highest BCUT2D eigenvalue weighted by Gasteiger charge is 2.44. The van der Waals surface area contributed by atoms with Crippen molar-refractivity contribution in [2.24, 2.45) is 11.1 Å². The fourth-order valence-corrected chi connectivity index (χ4v) is 3.32. The third kappa shape index (κ3) is 3.85. The summed E-state index contributed by atoms with van der Waals surface area (Å²) < 4.78 is 0. The van der Waals surface area contributed by atoms with Crippen molar-refractivity contribution < 1.29 is 4.79 Å². The van der Waals surface area contributed by atoms with E-state index in [1.807, 2.05) is 24.9 Å². The molecule has 2 unspecified atom stereocenters. The number of hydrogen-bond donors (Lipinski definition) is 1. The molecule has 3 nitrogen and oxygen atoms in total. The average molecular weight is 288 g/mol. The van der Waals surface area contributed by atoms with E-state index < -0.39 is 0 Å². The van der Waals surface area contributed by atoms with Crippen LogP contribution in [0, 0.1) is 5.41 Å². The van der Waals surface area contributed by atoms with Crippen molar-refractivity contribution in [3.05, 3.63) is 35.9 Å². The number of carbonyl (C=O) groups is 1. The largest absolute Gasteiger partial charge is 0.345 e. The Balaban J connectivity index is 1.74. The molecule has 2 N–H and O–H groups in total. The summed E-state index contributed by atoms with van der Waals surface area (Å²) in [4.78, 5) is 14.5. The molecule has 21 heavy (non-hydrogen) atoms. The zero-order valence-corrected chi connectivity index (χ0v) is 13.3. The number of unbranched alkanes of at least 4 members (excludes halogenated alkanes) is 1. The molecule has 0 heterocycles. The lowest BCUT2D eigenvalue weighted by Crippen LogP contribution is -2.48. The summed E-state index contributed by atoms with van der Waals surface area (Å²) in [6, 6.07) is 10.5. The summed E-state index contributed by atoms with van der Waals surface area (Å²) >= 11 is 0. The van der Waals surface area contributed by atoms with E-state index in [-0.39, 0.29) is 17.4 Å². The fraction of sp³-hybridized carbons (Fsp3) is 0.611. The normalized spacial score (nSPS) is 25.0. The first-order valence-electron chi connectivity index (χ1n) is 8.09. The van der Waals surface area contributed by atoms with Crippen LogP contribution in [0.2, 0.25) is 0 Å². The maximum atomic E-state index is 12.6. The van der Waals surface area contributed by atoms with Gasteiger partial charge in [-0.3, -0.25) is 4.79 Å². The molecule has 2 atom stereocenters. The summed E-state index contributed by atoms with van der Waals surface area (Å²) in [7, 11) is 1.92. The maximum absolute atomic E-state index is 12.6. The molecule has 0 spiro atoms. The Bertz CT molecular complexity index is 460. The second-order valence-corrected chi connectivity index (χ2v) is 6.59. The van der Waals surface area contributed by atoms with Gasteiger partial charge in [-0.1, -0.05) is 36.8 Å². The van der Waals surface area contributed by atoms with E-state index in [4.69, 9.17) is 5.73 Å². The summed E-state index contributed by atoms with van der Waals surface area (Å²) in [5, 5.41) is 0. The van der Waals surface area contributed by atoms with Gasteiger partial charge in [0.25, 0.3) is 0 Å². The van der Waals surface area contributed by atoms with Gasteiger partial charge in [-0.2, -0.15) is 0 Å². The zero-order chi connectivity index (χ0) is 15.3. The van der Waals surface area contributed by atoms with Crippen LogP contribution in [0.1, 0.15) is 44.6 Å². The molecule has 1 saturated carbocycles. The van der Waals surface area contributed by atoms with Crippen molar-refractivity contribution in [1.82, 2.24) is 4.90 Å². The number of nitrogens with two attached hydrogens (primary N) is 1. The number of benzene rings is 1. The standard InChI is InChI=1S/C18H28N2O/c1-18(13-8-12-16(18)19)17(21)20(2)14-7-6-11-15-9-4-3-5-10-15/h3-5,9-10,16H,6-8,11-14,19H2,1-2H3. The van der Waals surface area contributed by atoms with Crippen molar-refractivity contribution in [3.8, 4) is 0 Å². The van der Waals surface area contributed by atoms with Crippen LogP contribution < -0.4 is 5.73 Å². The van der Waals surface area contributed by atoms with Crippen LogP contribution in [0.3, 0.4) is 0 Å². The lowest BCUT2D eigenvalue weighted by atomic mass is 9.83. The van der Waals surface area contributed by atoms with Crippen LogP contribution in [-0.4, -0.2) is 30.4 Å². The summed E-state index contributed by atoms with van der Waals surface area (Å²) in [6.45, 7) is 2.86. The minimum Gasteiger partial charge on any atom is -0.345 e. The Morgan fingerprint density at radius 3 is 2.67 bits per heavy atom. The fourth-order valence-electron chi connectivity index (χ4n) is 3.32. The predicted octanol–water partition coefficient (Wildman–Crippen LogP) is 2.99. The average Bonchev–Trinajstić information content (AvgIpc) is 2.84. The predicted molar refractivity (Wildman–Crippen MR) is 87.0 cm³/mol. The molecule has 0 aliphatic heterocycles. The Morgan fingerprint density at radius 2 is 2.05 bits per heavy atom. The van der Waals surface area contributed by atoms with Gasteiger partial charge >= 0.3 is 0 Å². The van der Waals surface area contributed by atoms with Crippen LogP contribution in [0.5, 0.6) is 0 Å². The third-order valence-corrected chi connectivity index (χ3v) is 4.92. The number of aryl methyl sites for hydroxylation is 1. The topological polar surface area (TPSA) is 46.3 Å². The lowest BCUT2D eigenvalue weighted by Gasteiger charge is -2.32. The minimum atomic E-state index is -0.339. The van der Waals surface area contributed by atoms with Crippen LogP contribution in [0.15, 0.2) is 30.3 Å². The molecule has 2 rings (SSSR count). The SMILES string of the molecule is CN(CCCCc1ccccc1)C(=O)C1(C)CCCC1N. The van der Waals surface area contributed by atoms with Crippen molar-refractivity contribution >= 4 is 5.91 Å². The van der Waals surface area contributed by atoms with E-state index in [1.54, 1.807) is 0 Å². The van der Waals surface area contributed by atoms with Crippen molar-refractivity contribution in [1.29, 1.82) is 0 Å². The molecular formula is C18H28N2O. The van der Waals surface area contributed by atoms with Crippen LogP contribution in [-0.2, 0) is 11.2 Å². The Kier molecular flexibility index (Phi) is 5.40. The van der Waals surface area contributed by atoms with Gasteiger partial charge in [0.2, 0.25) is 5.91 Å². The van der Waals surface area contributed by atoms with Crippen molar-refractivity contribution in [3.63, 3.8) is 0 Å². The van der Waals surface area contributed by atoms with Crippen molar-refractivity contribution in [2.75, 3.05) is 13.6 Å². The van der Waals surface area contributed by atoms with Gasteiger partial charge < -0.3 is 10.6 Å². The molecule has 1 amide bonds. The smallest absolute Gasteiger partial charge is 0.229 e. The van der Waals surface area contributed by atoms with Crippen molar-refractivity contribution in [2.45, 2.75) is 51.5 Å². The summed E-state index contributed by atoms with van der Waals surface area (Å²) in [6.07, 6.45) is 6.23. The first kappa shape index (κ1) is 16.0. The molecule has 1 aliphatic carbocycles. The maximum Gasteiger partial charge on any atom is 0.229 e. The number of nitrogens with zero attached hydrogens (tertiary/aromatic N) is 1. The van der Waals surface area contributed by atoms with Gasteiger partial charge in [-0.05, 0) is 44.6 Å². The number of carbonyl (C=O) groups excluding carboxylic acids is 1. The Hall–Kier alpha value is -1.35. The quantitative estimate of drug-likeness (QED) is 0.818. The van der Waals surface area contributed by atoms with E-state index in [0.29, 0.717) is 0 Å². The molecule has 1 aromatic carbocycles. The summed E-state index contributed by atoms with van der Waals surface area (Å²) in [5.74, 6) is 0.229. The lowest BCUT2D eigenvalue weighted by molar-refractivity contribution is -0.140. The molecule has 116 valence electrons.